The molecule has 1 saturated heterocycles. The van der Waals surface area contributed by atoms with Gasteiger partial charge < -0.3 is 15.0 Å². The summed E-state index contributed by atoms with van der Waals surface area (Å²) in [6.45, 7) is 3.69. The van der Waals surface area contributed by atoms with Gasteiger partial charge in [0.15, 0.2) is 0 Å². The molecule has 0 saturated carbocycles. The van der Waals surface area contributed by atoms with Crippen molar-refractivity contribution in [3.63, 3.8) is 0 Å². The minimum atomic E-state index is -0.258. The van der Waals surface area contributed by atoms with E-state index in [0.717, 1.165) is 24.3 Å². The van der Waals surface area contributed by atoms with Gasteiger partial charge in [0.25, 0.3) is 0 Å². The van der Waals surface area contributed by atoms with Gasteiger partial charge in [-0.15, -0.1) is 0 Å². The van der Waals surface area contributed by atoms with E-state index in [2.05, 4.69) is 39.4 Å². The number of ether oxygens (including phenoxy) is 1. The number of morpholine rings is 1. The Kier molecular flexibility index (Phi) is 7.61. The molecule has 156 valence electrons. The summed E-state index contributed by atoms with van der Waals surface area (Å²) in [5.41, 5.74) is 3.31. The Morgan fingerprint density at radius 3 is 2.38 bits per heavy atom. The standard InChI is InChI=1S/C23H30FN3O2/c1-26(2)21-10-6-19(7-11-21)22(27-13-15-29-16-14-27)17-25-23(28)12-5-18-3-8-20(24)9-4-18/h3-4,6-11,22H,5,12-17H2,1-2H3,(H,25,28). The van der Waals surface area contributed by atoms with Crippen molar-refractivity contribution in [2.24, 2.45) is 0 Å². The number of anilines is 1. The molecule has 6 heteroatoms. The van der Waals surface area contributed by atoms with Crippen molar-refractivity contribution in [1.29, 1.82) is 0 Å². The van der Waals surface area contributed by atoms with Crippen molar-refractivity contribution in [1.82, 2.24) is 10.2 Å². The summed E-state index contributed by atoms with van der Waals surface area (Å²) in [5.74, 6) is -0.246. The number of benzene rings is 2. The minimum Gasteiger partial charge on any atom is -0.379 e. The molecule has 1 fully saturated rings. The fourth-order valence-electron chi connectivity index (χ4n) is 3.55. The van der Waals surface area contributed by atoms with Crippen LogP contribution in [0.1, 0.15) is 23.6 Å². The number of rotatable bonds is 8. The van der Waals surface area contributed by atoms with Crippen molar-refractivity contribution in [2.75, 3.05) is 51.8 Å². The molecule has 1 amide bonds. The summed E-state index contributed by atoms with van der Waals surface area (Å²) >= 11 is 0. The van der Waals surface area contributed by atoms with E-state index in [0.29, 0.717) is 32.6 Å². The number of nitrogens with one attached hydrogen (secondary N) is 1. The lowest BCUT2D eigenvalue weighted by Gasteiger charge is -2.35. The molecule has 0 radical (unpaired) electrons. The number of hydrogen-bond donors (Lipinski definition) is 1. The van der Waals surface area contributed by atoms with Crippen molar-refractivity contribution in [3.05, 3.63) is 65.5 Å². The smallest absolute Gasteiger partial charge is 0.220 e. The zero-order valence-electron chi connectivity index (χ0n) is 17.2. The van der Waals surface area contributed by atoms with Crippen LogP contribution in [0.4, 0.5) is 10.1 Å². The van der Waals surface area contributed by atoms with Gasteiger partial charge in [-0.25, -0.2) is 4.39 Å². The molecule has 1 aliphatic rings. The van der Waals surface area contributed by atoms with E-state index in [1.54, 1.807) is 12.1 Å². The van der Waals surface area contributed by atoms with Gasteiger partial charge in [0.05, 0.1) is 19.3 Å². The van der Waals surface area contributed by atoms with Gasteiger partial charge in [-0.1, -0.05) is 24.3 Å². The highest BCUT2D eigenvalue weighted by atomic mass is 19.1. The van der Waals surface area contributed by atoms with E-state index in [1.807, 2.05) is 14.1 Å². The number of halogens is 1. The third-order valence-corrected chi connectivity index (χ3v) is 5.33. The van der Waals surface area contributed by atoms with Crippen LogP contribution in [0.2, 0.25) is 0 Å². The zero-order valence-corrected chi connectivity index (χ0v) is 17.2. The largest absolute Gasteiger partial charge is 0.379 e. The lowest BCUT2D eigenvalue weighted by atomic mass is 10.0. The summed E-state index contributed by atoms with van der Waals surface area (Å²) in [6, 6.07) is 14.9. The maximum absolute atomic E-state index is 13.0. The second-order valence-corrected chi connectivity index (χ2v) is 7.58. The van der Waals surface area contributed by atoms with Crippen LogP contribution in [0.15, 0.2) is 48.5 Å². The normalized spacial score (nSPS) is 15.7. The third-order valence-electron chi connectivity index (χ3n) is 5.33. The lowest BCUT2D eigenvalue weighted by Crippen LogP contribution is -2.43. The van der Waals surface area contributed by atoms with Crippen molar-refractivity contribution >= 4 is 11.6 Å². The van der Waals surface area contributed by atoms with Crippen LogP contribution in [0.5, 0.6) is 0 Å². The highest BCUT2D eigenvalue weighted by Gasteiger charge is 2.23. The fourth-order valence-corrected chi connectivity index (χ4v) is 3.55. The Hall–Kier alpha value is -2.44. The molecule has 1 N–H and O–H groups in total. The van der Waals surface area contributed by atoms with Gasteiger partial charge in [0.1, 0.15) is 5.82 Å². The molecule has 29 heavy (non-hydrogen) atoms. The van der Waals surface area contributed by atoms with Gasteiger partial charge in [-0.2, -0.15) is 0 Å². The predicted molar refractivity (Wildman–Crippen MR) is 114 cm³/mol. The van der Waals surface area contributed by atoms with Gasteiger partial charge >= 0.3 is 0 Å². The number of carbonyl (C=O) groups is 1. The molecule has 0 aliphatic carbocycles. The third kappa shape index (κ3) is 6.27. The number of amides is 1. The minimum absolute atomic E-state index is 0.0116. The maximum atomic E-state index is 13.0. The van der Waals surface area contributed by atoms with Gasteiger partial charge in [0, 0.05) is 45.8 Å². The maximum Gasteiger partial charge on any atom is 0.220 e. The number of hydrogen-bond acceptors (Lipinski definition) is 4. The van der Waals surface area contributed by atoms with E-state index >= 15 is 0 Å². The van der Waals surface area contributed by atoms with Crippen LogP contribution in [0, 0.1) is 5.82 Å². The molecule has 1 aliphatic heterocycles. The first-order valence-electron chi connectivity index (χ1n) is 10.1. The molecule has 2 aromatic carbocycles. The molecule has 5 nitrogen and oxygen atoms in total. The highest BCUT2D eigenvalue weighted by Crippen LogP contribution is 2.24. The first-order chi connectivity index (χ1) is 14.0. The van der Waals surface area contributed by atoms with Crippen molar-refractivity contribution < 1.29 is 13.9 Å². The molecule has 0 spiro atoms. The molecule has 0 aromatic heterocycles. The first kappa shape index (κ1) is 21.3. The van der Waals surface area contributed by atoms with Gasteiger partial charge in [0.2, 0.25) is 5.91 Å². The summed E-state index contributed by atoms with van der Waals surface area (Å²) in [5, 5.41) is 3.09. The summed E-state index contributed by atoms with van der Waals surface area (Å²) in [7, 11) is 4.05. The van der Waals surface area contributed by atoms with E-state index in [4.69, 9.17) is 4.74 Å². The predicted octanol–water partition coefficient (Wildman–Crippen LogP) is 3.01. The molecule has 2 aromatic rings. The number of nitrogens with zero attached hydrogens (tertiary/aromatic N) is 2. The van der Waals surface area contributed by atoms with Crippen LogP contribution in [-0.2, 0) is 16.0 Å². The van der Waals surface area contributed by atoms with Gasteiger partial charge in [-0.3, -0.25) is 9.69 Å². The topological polar surface area (TPSA) is 44.8 Å². The van der Waals surface area contributed by atoms with Crippen molar-refractivity contribution in [2.45, 2.75) is 18.9 Å². The Bertz CT molecular complexity index is 772. The molecular formula is C23H30FN3O2. The average molecular weight is 400 g/mol. The van der Waals surface area contributed by atoms with E-state index < -0.39 is 0 Å². The van der Waals surface area contributed by atoms with Crippen LogP contribution < -0.4 is 10.2 Å². The first-order valence-corrected chi connectivity index (χ1v) is 10.1. The second-order valence-electron chi connectivity index (χ2n) is 7.58. The highest BCUT2D eigenvalue weighted by molar-refractivity contribution is 5.76. The summed E-state index contributed by atoms with van der Waals surface area (Å²) < 4.78 is 18.5. The molecule has 1 heterocycles. The molecular weight excluding hydrogens is 369 g/mol. The average Bonchev–Trinajstić information content (AvgIpc) is 2.74. The van der Waals surface area contributed by atoms with Crippen LogP contribution in [0.3, 0.4) is 0 Å². The lowest BCUT2D eigenvalue weighted by molar-refractivity contribution is -0.121. The second kappa shape index (κ2) is 10.4. The van der Waals surface area contributed by atoms with Crippen molar-refractivity contribution in [3.8, 4) is 0 Å². The molecule has 1 unspecified atom stereocenters. The van der Waals surface area contributed by atoms with Crippen LogP contribution >= 0.6 is 0 Å². The zero-order chi connectivity index (χ0) is 20.6. The number of carbonyl (C=O) groups excluding carboxylic acids is 1. The Morgan fingerprint density at radius 2 is 1.76 bits per heavy atom. The SMILES string of the molecule is CN(C)c1ccc(C(CNC(=O)CCc2ccc(F)cc2)N2CCOCC2)cc1. The molecule has 3 rings (SSSR count). The van der Waals surface area contributed by atoms with Gasteiger partial charge in [-0.05, 0) is 41.8 Å². The molecule has 0 bridgehead atoms. The van der Waals surface area contributed by atoms with Crippen LogP contribution in [-0.4, -0.2) is 57.8 Å². The Morgan fingerprint density at radius 1 is 1.10 bits per heavy atom. The Balaban J connectivity index is 1.60. The van der Waals surface area contributed by atoms with E-state index in [1.165, 1.54) is 17.7 Å². The molecule has 1 atom stereocenters. The fraction of sp³-hybridized carbons (Fsp3) is 0.435. The summed E-state index contributed by atoms with van der Waals surface area (Å²) in [4.78, 5) is 16.9. The van der Waals surface area contributed by atoms with Crippen LogP contribution in [0.25, 0.3) is 0 Å². The van der Waals surface area contributed by atoms with E-state index in [-0.39, 0.29) is 17.8 Å². The van der Waals surface area contributed by atoms with E-state index in [9.17, 15) is 9.18 Å². The Labute approximate surface area is 172 Å². The summed E-state index contributed by atoms with van der Waals surface area (Å²) in [6.07, 6.45) is 0.993. The monoisotopic (exact) mass is 399 g/mol. The number of aryl methyl sites for hydroxylation is 1. The quantitative estimate of drug-likeness (QED) is 0.741.